The van der Waals surface area contributed by atoms with Crippen molar-refractivity contribution >= 4 is 26.0 Å². The number of benzene rings is 1. The molecule has 2 saturated heterocycles. The van der Waals surface area contributed by atoms with E-state index in [0.717, 1.165) is 12.0 Å². The number of carbonyl (C=O) groups excluding carboxylic acids is 1. The third-order valence-electron chi connectivity index (χ3n) is 5.73. The first-order valence-corrected chi connectivity index (χ1v) is 13.8. The summed E-state index contributed by atoms with van der Waals surface area (Å²) in [7, 11) is -7.40. The minimum atomic E-state index is -3.85. The fourth-order valence-electron chi connectivity index (χ4n) is 3.86. The normalized spacial score (nSPS) is 18.8. The van der Waals surface area contributed by atoms with Crippen molar-refractivity contribution in [3.05, 3.63) is 29.8 Å². The van der Waals surface area contributed by atoms with E-state index in [1.165, 1.54) is 8.61 Å². The molecule has 0 atom stereocenters. The Morgan fingerprint density at radius 3 is 2.29 bits per heavy atom. The van der Waals surface area contributed by atoms with Gasteiger partial charge in [-0.3, -0.25) is 4.79 Å². The Balaban J connectivity index is 1.71. The van der Waals surface area contributed by atoms with Gasteiger partial charge in [-0.15, -0.1) is 0 Å². The number of sulfonamides is 2. The lowest BCUT2D eigenvalue weighted by Crippen LogP contribution is -2.48. The summed E-state index contributed by atoms with van der Waals surface area (Å²) in [4.78, 5) is 13.7. The van der Waals surface area contributed by atoms with Gasteiger partial charge in [-0.2, -0.15) is 8.61 Å². The van der Waals surface area contributed by atoms with Crippen LogP contribution in [0.25, 0.3) is 0 Å². The zero-order valence-electron chi connectivity index (χ0n) is 18.0. The van der Waals surface area contributed by atoms with Crippen molar-refractivity contribution in [2.75, 3.05) is 58.1 Å². The number of likely N-dealkylation sites (tertiary alicyclic amines) is 1. The Kier molecular flexibility index (Phi) is 8.08. The van der Waals surface area contributed by atoms with Gasteiger partial charge >= 0.3 is 0 Å². The van der Waals surface area contributed by atoms with Gasteiger partial charge in [0.25, 0.3) is 0 Å². The summed E-state index contributed by atoms with van der Waals surface area (Å²) >= 11 is 0. The van der Waals surface area contributed by atoms with E-state index in [4.69, 9.17) is 0 Å². The highest BCUT2D eigenvalue weighted by molar-refractivity contribution is 7.90. The SMILES string of the molecule is Cc1ccc(S(=O)(=O)N(CCCN2CCCC2=O)CCS(=O)(=O)N2CCNCC2)cc1. The van der Waals surface area contributed by atoms with Crippen LogP contribution >= 0.6 is 0 Å². The van der Waals surface area contributed by atoms with Crippen molar-refractivity contribution in [1.29, 1.82) is 0 Å². The first kappa shape index (κ1) is 24.1. The molecule has 2 heterocycles. The zero-order chi connectivity index (χ0) is 22.5. The van der Waals surface area contributed by atoms with Gasteiger partial charge in [-0.1, -0.05) is 17.7 Å². The van der Waals surface area contributed by atoms with Gasteiger partial charge in [-0.25, -0.2) is 16.8 Å². The van der Waals surface area contributed by atoms with E-state index in [-0.39, 0.29) is 29.6 Å². The van der Waals surface area contributed by atoms with Gasteiger partial charge in [0, 0.05) is 58.8 Å². The molecular formula is C20H32N4O5S2. The molecule has 3 rings (SSSR count). The highest BCUT2D eigenvalue weighted by Crippen LogP contribution is 2.18. The lowest BCUT2D eigenvalue weighted by atomic mass is 10.2. The number of hydrogen-bond acceptors (Lipinski definition) is 6. The molecule has 2 aliphatic heterocycles. The zero-order valence-corrected chi connectivity index (χ0v) is 19.6. The Bertz CT molecular complexity index is 958. The molecule has 0 aliphatic carbocycles. The van der Waals surface area contributed by atoms with Gasteiger partial charge in [-0.05, 0) is 31.9 Å². The molecule has 11 heteroatoms. The number of amides is 1. The summed E-state index contributed by atoms with van der Waals surface area (Å²) in [5, 5.41) is 3.12. The second-order valence-electron chi connectivity index (χ2n) is 8.02. The fourth-order valence-corrected chi connectivity index (χ4v) is 6.90. The van der Waals surface area contributed by atoms with Crippen molar-refractivity contribution in [2.45, 2.75) is 31.1 Å². The topological polar surface area (TPSA) is 107 Å². The van der Waals surface area contributed by atoms with Crippen LogP contribution in [-0.2, 0) is 24.8 Å². The summed E-state index contributed by atoms with van der Waals surface area (Å²) in [6, 6.07) is 6.55. The summed E-state index contributed by atoms with van der Waals surface area (Å²) in [6.07, 6.45) is 1.83. The van der Waals surface area contributed by atoms with E-state index >= 15 is 0 Å². The molecule has 0 aromatic heterocycles. The maximum absolute atomic E-state index is 13.3. The minimum Gasteiger partial charge on any atom is -0.343 e. The summed E-state index contributed by atoms with van der Waals surface area (Å²) in [6.45, 7) is 5.07. The molecule has 31 heavy (non-hydrogen) atoms. The van der Waals surface area contributed by atoms with Crippen molar-refractivity contribution in [3.63, 3.8) is 0 Å². The van der Waals surface area contributed by atoms with E-state index in [0.29, 0.717) is 52.1 Å². The molecule has 2 fully saturated rings. The average molecular weight is 473 g/mol. The number of nitrogens with zero attached hydrogens (tertiary/aromatic N) is 3. The van der Waals surface area contributed by atoms with Crippen LogP contribution in [0.4, 0.5) is 0 Å². The van der Waals surface area contributed by atoms with Gasteiger partial charge in [0.2, 0.25) is 26.0 Å². The second-order valence-corrected chi connectivity index (χ2v) is 12.0. The van der Waals surface area contributed by atoms with Crippen LogP contribution in [0.15, 0.2) is 29.2 Å². The molecule has 0 unspecified atom stereocenters. The molecule has 2 aliphatic rings. The third kappa shape index (κ3) is 6.26. The molecule has 1 aromatic rings. The van der Waals surface area contributed by atoms with E-state index in [1.54, 1.807) is 29.2 Å². The van der Waals surface area contributed by atoms with Crippen LogP contribution in [-0.4, -0.2) is 94.4 Å². The highest BCUT2D eigenvalue weighted by atomic mass is 32.2. The molecule has 1 amide bonds. The molecule has 0 spiro atoms. The van der Waals surface area contributed by atoms with Crippen molar-refractivity contribution in [2.24, 2.45) is 0 Å². The van der Waals surface area contributed by atoms with E-state index in [9.17, 15) is 21.6 Å². The molecule has 1 aromatic carbocycles. The van der Waals surface area contributed by atoms with Gasteiger partial charge in [0.05, 0.1) is 10.6 Å². The Labute approximate surface area is 185 Å². The Morgan fingerprint density at radius 2 is 1.68 bits per heavy atom. The third-order valence-corrected chi connectivity index (χ3v) is 9.50. The highest BCUT2D eigenvalue weighted by Gasteiger charge is 2.29. The minimum absolute atomic E-state index is 0.0919. The average Bonchev–Trinajstić information content (AvgIpc) is 3.16. The van der Waals surface area contributed by atoms with E-state index < -0.39 is 20.0 Å². The Hall–Kier alpha value is -1.53. The van der Waals surface area contributed by atoms with Crippen molar-refractivity contribution in [3.8, 4) is 0 Å². The molecule has 1 N–H and O–H groups in total. The number of rotatable bonds is 10. The van der Waals surface area contributed by atoms with Crippen molar-refractivity contribution < 1.29 is 21.6 Å². The van der Waals surface area contributed by atoms with Crippen LogP contribution in [0, 0.1) is 6.92 Å². The molecule has 9 nitrogen and oxygen atoms in total. The standard InChI is InChI=1S/C20H32N4O5S2/c1-18-5-7-19(8-6-18)31(28,29)24(13-3-12-22-11-2-4-20(22)25)16-17-30(26,27)23-14-9-21-10-15-23/h5-8,21H,2-4,9-17H2,1H3. The lowest BCUT2D eigenvalue weighted by Gasteiger charge is -2.28. The second kappa shape index (κ2) is 10.4. The van der Waals surface area contributed by atoms with Crippen LogP contribution < -0.4 is 5.32 Å². The lowest BCUT2D eigenvalue weighted by molar-refractivity contribution is -0.127. The number of hydrogen-bond donors (Lipinski definition) is 1. The molecule has 0 radical (unpaired) electrons. The Morgan fingerprint density at radius 1 is 1.00 bits per heavy atom. The summed E-state index contributed by atoms with van der Waals surface area (Å²) in [5.41, 5.74) is 0.944. The molecular weight excluding hydrogens is 440 g/mol. The van der Waals surface area contributed by atoms with Gasteiger partial charge < -0.3 is 10.2 Å². The summed E-state index contributed by atoms with van der Waals surface area (Å²) in [5.74, 6) is -0.171. The van der Waals surface area contributed by atoms with Crippen LogP contribution in [0.3, 0.4) is 0 Å². The smallest absolute Gasteiger partial charge is 0.243 e. The summed E-state index contributed by atoms with van der Waals surface area (Å²) < 4.78 is 54.7. The largest absolute Gasteiger partial charge is 0.343 e. The van der Waals surface area contributed by atoms with Crippen molar-refractivity contribution in [1.82, 2.24) is 18.8 Å². The molecule has 0 saturated carbocycles. The first-order chi connectivity index (χ1) is 14.7. The number of nitrogens with one attached hydrogen (secondary N) is 1. The molecule has 0 bridgehead atoms. The maximum atomic E-state index is 13.3. The van der Waals surface area contributed by atoms with Gasteiger partial charge in [0.15, 0.2) is 0 Å². The first-order valence-electron chi connectivity index (χ1n) is 10.7. The predicted octanol–water partition coefficient (Wildman–Crippen LogP) is 0.233. The quantitative estimate of drug-likeness (QED) is 0.523. The monoisotopic (exact) mass is 472 g/mol. The predicted molar refractivity (Wildman–Crippen MR) is 119 cm³/mol. The van der Waals surface area contributed by atoms with E-state index in [2.05, 4.69) is 5.32 Å². The fraction of sp³-hybridized carbons (Fsp3) is 0.650. The van der Waals surface area contributed by atoms with Crippen LogP contribution in [0.1, 0.15) is 24.8 Å². The van der Waals surface area contributed by atoms with E-state index in [1.807, 2.05) is 6.92 Å². The number of aryl methyl sites for hydroxylation is 1. The number of piperazine rings is 1. The maximum Gasteiger partial charge on any atom is 0.243 e. The van der Waals surface area contributed by atoms with Crippen LogP contribution in [0.2, 0.25) is 0 Å². The number of carbonyl (C=O) groups is 1. The van der Waals surface area contributed by atoms with Gasteiger partial charge in [0.1, 0.15) is 0 Å². The van der Waals surface area contributed by atoms with Crippen LogP contribution in [0.5, 0.6) is 0 Å². The molecule has 174 valence electrons.